The zero-order chi connectivity index (χ0) is 11.8. The van der Waals surface area contributed by atoms with Gasteiger partial charge in [0.1, 0.15) is 0 Å². The van der Waals surface area contributed by atoms with Crippen LogP contribution >= 0.6 is 11.8 Å². The van der Waals surface area contributed by atoms with E-state index in [4.69, 9.17) is 5.73 Å². The van der Waals surface area contributed by atoms with Crippen molar-refractivity contribution in [2.75, 3.05) is 11.5 Å². The summed E-state index contributed by atoms with van der Waals surface area (Å²) in [6.45, 7) is 4.41. The molecule has 0 bridgehead atoms. The highest BCUT2D eigenvalue weighted by Crippen LogP contribution is 2.25. The van der Waals surface area contributed by atoms with Gasteiger partial charge < -0.3 is 5.73 Å². The molecule has 0 amide bonds. The number of benzene rings is 1. The third-order valence-electron chi connectivity index (χ3n) is 2.72. The molecule has 1 aromatic carbocycles. The van der Waals surface area contributed by atoms with E-state index < -0.39 is 0 Å². The lowest BCUT2D eigenvalue weighted by Crippen LogP contribution is -1.88. The Bertz CT molecular complexity index is 310. The van der Waals surface area contributed by atoms with Crippen molar-refractivity contribution in [1.82, 2.24) is 0 Å². The summed E-state index contributed by atoms with van der Waals surface area (Å²) in [4.78, 5) is 1.34. The van der Waals surface area contributed by atoms with Gasteiger partial charge in [-0.1, -0.05) is 38.7 Å². The molecule has 0 saturated heterocycles. The highest BCUT2D eigenvalue weighted by molar-refractivity contribution is 7.99. The number of unbranched alkanes of at least 4 members (excludes halogenated alkanes) is 4. The van der Waals surface area contributed by atoms with E-state index in [-0.39, 0.29) is 0 Å². The van der Waals surface area contributed by atoms with E-state index >= 15 is 0 Å². The average Bonchev–Trinajstić information content (AvgIpc) is 2.28. The Morgan fingerprint density at radius 1 is 1.12 bits per heavy atom. The Kier molecular flexibility index (Phi) is 6.39. The Morgan fingerprint density at radius 3 is 2.62 bits per heavy atom. The van der Waals surface area contributed by atoms with Crippen LogP contribution in [-0.4, -0.2) is 5.75 Å². The maximum atomic E-state index is 5.78. The fraction of sp³-hybridized carbons (Fsp3) is 0.571. The maximum absolute atomic E-state index is 5.78. The molecule has 0 atom stereocenters. The molecular weight excluding hydrogens is 214 g/mol. The first-order valence-electron chi connectivity index (χ1n) is 6.23. The van der Waals surface area contributed by atoms with E-state index in [1.54, 1.807) is 0 Å². The molecule has 1 nitrogen and oxygen atoms in total. The molecule has 0 spiro atoms. The van der Waals surface area contributed by atoms with Crippen LogP contribution in [0.4, 0.5) is 5.69 Å². The van der Waals surface area contributed by atoms with Gasteiger partial charge in [-0.25, -0.2) is 0 Å². The van der Waals surface area contributed by atoms with Gasteiger partial charge >= 0.3 is 0 Å². The number of hydrogen-bond donors (Lipinski definition) is 1. The minimum Gasteiger partial charge on any atom is -0.399 e. The molecule has 1 rings (SSSR count). The molecule has 1 aromatic rings. The normalized spacial score (nSPS) is 10.6. The van der Waals surface area contributed by atoms with Gasteiger partial charge in [0.25, 0.3) is 0 Å². The molecule has 0 aliphatic heterocycles. The van der Waals surface area contributed by atoms with Crippen molar-refractivity contribution in [3.63, 3.8) is 0 Å². The number of thioether (sulfide) groups is 1. The van der Waals surface area contributed by atoms with Crippen molar-refractivity contribution < 1.29 is 0 Å². The van der Waals surface area contributed by atoms with Crippen molar-refractivity contribution in [2.45, 2.75) is 50.8 Å². The molecule has 0 aromatic heterocycles. The van der Waals surface area contributed by atoms with Gasteiger partial charge in [-0.3, -0.25) is 0 Å². The number of nitrogen functional groups attached to an aromatic ring is 1. The topological polar surface area (TPSA) is 26.0 Å². The van der Waals surface area contributed by atoms with Gasteiger partial charge in [-0.2, -0.15) is 0 Å². The van der Waals surface area contributed by atoms with Crippen LogP contribution in [0, 0.1) is 6.92 Å². The summed E-state index contributed by atoms with van der Waals surface area (Å²) >= 11 is 1.94. The molecule has 0 fully saturated rings. The molecule has 90 valence electrons. The minimum absolute atomic E-state index is 0.874. The molecule has 0 saturated carbocycles. The summed E-state index contributed by atoms with van der Waals surface area (Å²) in [5.41, 5.74) is 8.00. The Balaban J connectivity index is 2.23. The number of aryl methyl sites for hydroxylation is 1. The zero-order valence-corrected chi connectivity index (χ0v) is 11.3. The summed E-state index contributed by atoms with van der Waals surface area (Å²) in [7, 11) is 0. The van der Waals surface area contributed by atoms with Crippen LogP contribution < -0.4 is 5.73 Å². The first-order valence-corrected chi connectivity index (χ1v) is 7.21. The van der Waals surface area contributed by atoms with Crippen LogP contribution in [-0.2, 0) is 0 Å². The van der Waals surface area contributed by atoms with E-state index in [9.17, 15) is 0 Å². The van der Waals surface area contributed by atoms with Crippen molar-refractivity contribution in [1.29, 1.82) is 0 Å². The third kappa shape index (κ3) is 4.93. The predicted octanol–water partition coefficient (Wildman–Crippen LogP) is 4.64. The molecule has 0 aliphatic rings. The van der Waals surface area contributed by atoms with Crippen LogP contribution in [0.5, 0.6) is 0 Å². The van der Waals surface area contributed by atoms with Crippen LogP contribution in [0.2, 0.25) is 0 Å². The van der Waals surface area contributed by atoms with Crippen LogP contribution in [0.25, 0.3) is 0 Å². The first-order chi connectivity index (χ1) is 7.74. The van der Waals surface area contributed by atoms with Crippen molar-refractivity contribution >= 4 is 17.4 Å². The lowest BCUT2D eigenvalue weighted by atomic mass is 10.2. The Labute approximate surface area is 104 Å². The number of rotatable bonds is 7. The van der Waals surface area contributed by atoms with Gasteiger partial charge in [-0.05, 0) is 36.8 Å². The SMILES string of the molecule is CCCCCCCSc1cc(N)ccc1C. The predicted molar refractivity (Wildman–Crippen MR) is 75.1 cm³/mol. The standard InChI is InChI=1S/C14H23NS/c1-3-4-5-6-7-10-16-14-11-13(15)9-8-12(14)2/h8-9,11H,3-7,10,15H2,1-2H3. The molecule has 0 aliphatic carbocycles. The van der Waals surface area contributed by atoms with Gasteiger partial charge in [0, 0.05) is 10.6 Å². The summed E-state index contributed by atoms with van der Waals surface area (Å²) in [5, 5.41) is 0. The second-order valence-electron chi connectivity index (χ2n) is 4.29. The number of nitrogens with two attached hydrogens (primary N) is 1. The molecule has 0 heterocycles. The fourth-order valence-electron chi connectivity index (χ4n) is 1.66. The van der Waals surface area contributed by atoms with Crippen molar-refractivity contribution in [2.24, 2.45) is 0 Å². The van der Waals surface area contributed by atoms with Crippen LogP contribution in [0.15, 0.2) is 23.1 Å². The van der Waals surface area contributed by atoms with Gasteiger partial charge in [0.15, 0.2) is 0 Å². The lowest BCUT2D eigenvalue weighted by Gasteiger charge is -2.06. The van der Waals surface area contributed by atoms with E-state index in [1.807, 2.05) is 17.8 Å². The molecule has 0 radical (unpaired) electrons. The second-order valence-corrected chi connectivity index (χ2v) is 5.42. The summed E-state index contributed by atoms with van der Waals surface area (Å²) in [6.07, 6.45) is 6.76. The Morgan fingerprint density at radius 2 is 1.88 bits per heavy atom. The van der Waals surface area contributed by atoms with Crippen molar-refractivity contribution in [3.05, 3.63) is 23.8 Å². The fourth-order valence-corrected chi connectivity index (χ4v) is 2.74. The first kappa shape index (κ1) is 13.4. The number of hydrogen-bond acceptors (Lipinski definition) is 2. The van der Waals surface area contributed by atoms with E-state index in [1.165, 1.54) is 48.3 Å². The highest BCUT2D eigenvalue weighted by atomic mass is 32.2. The second kappa shape index (κ2) is 7.61. The van der Waals surface area contributed by atoms with E-state index in [0.717, 1.165) is 5.69 Å². The largest absolute Gasteiger partial charge is 0.399 e. The summed E-state index contributed by atoms with van der Waals surface area (Å²) < 4.78 is 0. The van der Waals surface area contributed by atoms with E-state index in [2.05, 4.69) is 26.0 Å². The summed E-state index contributed by atoms with van der Waals surface area (Å²) in [5.74, 6) is 1.22. The maximum Gasteiger partial charge on any atom is 0.0325 e. The molecule has 0 unspecified atom stereocenters. The van der Waals surface area contributed by atoms with Gasteiger partial charge in [0.05, 0.1) is 0 Å². The smallest absolute Gasteiger partial charge is 0.0325 e. The van der Waals surface area contributed by atoms with Gasteiger partial charge in [0.2, 0.25) is 0 Å². The lowest BCUT2D eigenvalue weighted by molar-refractivity contribution is 0.659. The third-order valence-corrected chi connectivity index (χ3v) is 3.96. The monoisotopic (exact) mass is 237 g/mol. The molecule has 2 N–H and O–H groups in total. The van der Waals surface area contributed by atoms with E-state index in [0.29, 0.717) is 0 Å². The summed E-state index contributed by atoms with van der Waals surface area (Å²) in [6, 6.07) is 6.17. The highest BCUT2D eigenvalue weighted by Gasteiger charge is 1.99. The minimum atomic E-state index is 0.874. The quantitative estimate of drug-likeness (QED) is 0.425. The average molecular weight is 237 g/mol. The molecule has 2 heteroatoms. The number of anilines is 1. The zero-order valence-electron chi connectivity index (χ0n) is 10.5. The van der Waals surface area contributed by atoms with Crippen LogP contribution in [0.1, 0.15) is 44.6 Å². The molecule has 16 heavy (non-hydrogen) atoms. The van der Waals surface area contributed by atoms with Gasteiger partial charge in [-0.15, -0.1) is 11.8 Å². The Hall–Kier alpha value is -0.630. The molecular formula is C14H23NS. The van der Waals surface area contributed by atoms with Crippen molar-refractivity contribution in [3.8, 4) is 0 Å². The van der Waals surface area contributed by atoms with Crippen LogP contribution in [0.3, 0.4) is 0 Å².